The quantitative estimate of drug-likeness (QED) is 0.174. The third-order valence-corrected chi connectivity index (χ3v) is 7.44. The van der Waals surface area contributed by atoms with Crippen LogP contribution >= 0.6 is 0 Å². The molecule has 0 aliphatic carbocycles. The van der Waals surface area contributed by atoms with Crippen LogP contribution in [0, 0.1) is 13.8 Å². The van der Waals surface area contributed by atoms with Gasteiger partial charge >= 0.3 is 11.9 Å². The van der Waals surface area contributed by atoms with Gasteiger partial charge in [0.05, 0.1) is 11.1 Å². The van der Waals surface area contributed by atoms with Gasteiger partial charge in [0.1, 0.15) is 0 Å². The van der Waals surface area contributed by atoms with Crippen molar-refractivity contribution in [3.63, 3.8) is 0 Å². The van der Waals surface area contributed by atoms with Crippen LogP contribution in [0.4, 0.5) is 11.4 Å². The Hall–Kier alpha value is -4.98. The van der Waals surface area contributed by atoms with Crippen LogP contribution in [-0.2, 0) is 0 Å². The standard InChI is InChI=1S/C34H34N2O6/c1-17(2)21-11-7-9-19(5)29(21)35-31(37)23-13-14-24(28-26(34(41)42)16-15-25(27(23)28)33(39)40)32(38)36-30-20(6)10-8-12-22(30)18(3)4/h7-18H,1-6H3,(H,35,37)(H,36,38)(H,39,40)(H,41,42). The van der Waals surface area contributed by atoms with Gasteiger partial charge in [-0.1, -0.05) is 64.1 Å². The molecule has 4 aromatic carbocycles. The molecule has 0 bridgehead atoms. The summed E-state index contributed by atoms with van der Waals surface area (Å²) in [6.45, 7) is 11.7. The maximum absolute atomic E-state index is 13.8. The summed E-state index contributed by atoms with van der Waals surface area (Å²) in [7, 11) is 0. The van der Waals surface area contributed by atoms with Crippen LogP contribution in [0.25, 0.3) is 10.8 Å². The number of hydrogen-bond acceptors (Lipinski definition) is 4. The molecule has 0 fully saturated rings. The molecule has 8 nitrogen and oxygen atoms in total. The lowest BCUT2D eigenvalue weighted by Gasteiger charge is -2.20. The van der Waals surface area contributed by atoms with E-state index in [1.165, 1.54) is 12.1 Å². The maximum atomic E-state index is 13.8. The van der Waals surface area contributed by atoms with Gasteiger partial charge in [0, 0.05) is 33.3 Å². The fourth-order valence-electron chi connectivity index (χ4n) is 5.28. The zero-order valence-corrected chi connectivity index (χ0v) is 24.5. The van der Waals surface area contributed by atoms with E-state index in [9.17, 15) is 29.4 Å². The van der Waals surface area contributed by atoms with Crippen molar-refractivity contribution in [3.05, 3.63) is 105 Å². The third kappa shape index (κ3) is 5.61. The van der Waals surface area contributed by atoms with Crippen LogP contribution in [0.1, 0.15) is 103 Å². The molecule has 0 saturated carbocycles. The summed E-state index contributed by atoms with van der Waals surface area (Å²) < 4.78 is 0. The summed E-state index contributed by atoms with van der Waals surface area (Å²) in [4.78, 5) is 52.4. The number of aryl methyl sites for hydroxylation is 2. The van der Waals surface area contributed by atoms with Crippen LogP contribution in [0.15, 0.2) is 60.7 Å². The first-order valence-corrected chi connectivity index (χ1v) is 13.7. The van der Waals surface area contributed by atoms with E-state index in [4.69, 9.17) is 0 Å². The molecule has 4 rings (SSSR count). The average Bonchev–Trinajstić information content (AvgIpc) is 2.93. The molecule has 4 N–H and O–H groups in total. The number of carboxylic acid groups (broad SMARTS) is 2. The van der Waals surface area contributed by atoms with Crippen molar-refractivity contribution in [2.45, 2.75) is 53.4 Å². The zero-order chi connectivity index (χ0) is 30.9. The summed E-state index contributed by atoms with van der Waals surface area (Å²) in [6, 6.07) is 16.4. The van der Waals surface area contributed by atoms with E-state index in [0.717, 1.165) is 34.4 Å². The molecular formula is C34H34N2O6. The molecule has 0 radical (unpaired) electrons. The number of para-hydroxylation sites is 2. The SMILES string of the molecule is Cc1cccc(C(C)C)c1NC(=O)c1ccc(C(=O)Nc2c(C)cccc2C(C)C)c2c(C(=O)O)ccc(C(=O)O)c12. The van der Waals surface area contributed by atoms with Gasteiger partial charge in [0.25, 0.3) is 11.8 Å². The van der Waals surface area contributed by atoms with Crippen molar-refractivity contribution in [1.29, 1.82) is 0 Å². The molecule has 0 heterocycles. The van der Waals surface area contributed by atoms with Crippen molar-refractivity contribution in [1.82, 2.24) is 0 Å². The number of rotatable bonds is 8. The second kappa shape index (κ2) is 11.9. The Bertz CT molecular complexity index is 1630. The van der Waals surface area contributed by atoms with Crippen molar-refractivity contribution in [2.24, 2.45) is 0 Å². The molecule has 0 aliphatic heterocycles. The highest BCUT2D eigenvalue weighted by atomic mass is 16.4. The molecule has 0 aliphatic rings. The molecule has 0 saturated heterocycles. The summed E-state index contributed by atoms with van der Waals surface area (Å²) in [5.41, 5.74) is 3.93. The topological polar surface area (TPSA) is 133 Å². The van der Waals surface area contributed by atoms with Gasteiger partial charge in [-0.05, 0) is 72.2 Å². The average molecular weight is 567 g/mol. The first-order valence-electron chi connectivity index (χ1n) is 13.7. The van der Waals surface area contributed by atoms with E-state index in [-0.39, 0.29) is 44.9 Å². The Morgan fingerprint density at radius 3 is 1.19 bits per heavy atom. The lowest BCUT2D eigenvalue weighted by Crippen LogP contribution is -2.20. The molecule has 0 atom stereocenters. The molecule has 8 heteroatoms. The number of amides is 2. The van der Waals surface area contributed by atoms with E-state index < -0.39 is 23.8 Å². The monoisotopic (exact) mass is 566 g/mol. The molecular weight excluding hydrogens is 532 g/mol. The van der Waals surface area contributed by atoms with Crippen molar-refractivity contribution in [3.8, 4) is 0 Å². The van der Waals surface area contributed by atoms with Crippen LogP contribution in [-0.4, -0.2) is 34.0 Å². The summed E-state index contributed by atoms with van der Waals surface area (Å²) in [5, 5.41) is 25.8. The van der Waals surface area contributed by atoms with E-state index >= 15 is 0 Å². The Labute approximate surface area is 244 Å². The van der Waals surface area contributed by atoms with E-state index in [0.29, 0.717) is 11.4 Å². The number of aromatic carboxylic acids is 2. The molecule has 2 amide bonds. The van der Waals surface area contributed by atoms with Gasteiger partial charge in [-0.3, -0.25) is 9.59 Å². The Kier molecular flexibility index (Phi) is 8.47. The van der Waals surface area contributed by atoms with Crippen molar-refractivity contribution < 1.29 is 29.4 Å². The minimum Gasteiger partial charge on any atom is -0.478 e. The van der Waals surface area contributed by atoms with Gasteiger partial charge in [-0.15, -0.1) is 0 Å². The lowest BCUT2D eigenvalue weighted by molar-refractivity contribution is 0.0684. The van der Waals surface area contributed by atoms with Gasteiger partial charge < -0.3 is 20.8 Å². The summed E-state index contributed by atoms with van der Waals surface area (Å²) in [6.07, 6.45) is 0. The lowest BCUT2D eigenvalue weighted by atomic mass is 9.90. The Morgan fingerprint density at radius 1 is 0.548 bits per heavy atom. The molecule has 216 valence electrons. The van der Waals surface area contributed by atoms with Gasteiger partial charge in [0.15, 0.2) is 0 Å². The van der Waals surface area contributed by atoms with Crippen LogP contribution in [0.5, 0.6) is 0 Å². The fourth-order valence-corrected chi connectivity index (χ4v) is 5.28. The van der Waals surface area contributed by atoms with Crippen molar-refractivity contribution in [2.75, 3.05) is 10.6 Å². The van der Waals surface area contributed by atoms with Crippen LogP contribution in [0.3, 0.4) is 0 Å². The molecule has 0 unspecified atom stereocenters. The minimum atomic E-state index is -1.36. The fraction of sp³-hybridized carbons (Fsp3) is 0.235. The minimum absolute atomic E-state index is 0.0567. The molecule has 0 aromatic heterocycles. The van der Waals surface area contributed by atoms with Gasteiger partial charge in [-0.2, -0.15) is 0 Å². The second-order valence-corrected chi connectivity index (χ2v) is 11.0. The molecule has 4 aromatic rings. The van der Waals surface area contributed by atoms with Gasteiger partial charge in [0.2, 0.25) is 0 Å². The van der Waals surface area contributed by atoms with Crippen LogP contribution < -0.4 is 10.6 Å². The summed E-state index contributed by atoms with van der Waals surface area (Å²) >= 11 is 0. The first kappa shape index (κ1) is 30.0. The van der Waals surface area contributed by atoms with Crippen LogP contribution in [0.2, 0.25) is 0 Å². The smallest absolute Gasteiger partial charge is 0.336 e. The number of nitrogens with one attached hydrogen (secondary N) is 2. The van der Waals surface area contributed by atoms with Gasteiger partial charge in [-0.25, -0.2) is 9.59 Å². The second-order valence-electron chi connectivity index (χ2n) is 11.0. The number of benzene rings is 4. The maximum Gasteiger partial charge on any atom is 0.336 e. The highest BCUT2D eigenvalue weighted by Gasteiger charge is 2.27. The van der Waals surface area contributed by atoms with E-state index in [2.05, 4.69) is 10.6 Å². The predicted molar refractivity (Wildman–Crippen MR) is 164 cm³/mol. The Morgan fingerprint density at radius 2 is 0.881 bits per heavy atom. The Balaban J connectivity index is 1.96. The summed E-state index contributed by atoms with van der Waals surface area (Å²) in [5.74, 6) is -3.77. The molecule has 42 heavy (non-hydrogen) atoms. The largest absolute Gasteiger partial charge is 0.478 e. The number of carbonyl (C=O) groups excluding carboxylic acids is 2. The van der Waals surface area contributed by atoms with Crippen molar-refractivity contribution >= 4 is 45.9 Å². The third-order valence-electron chi connectivity index (χ3n) is 7.44. The number of carboxylic acids is 2. The number of fused-ring (bicyclic) bond motifs is 1. The highest BCUT2D eigenvalue weighted by Crippen LogP contribution is 2.34. The van der Waals surface area contributed by atoms with E-state index in [1.54, 1.807) is 0 Å². The zero-order valence-electron chi connectivity index (χ0n) is 24.5. The van der Waals surface area contributed by atoms with E-state index in [1.807, 2.05) is 77.9 Å². The normalized spacial score (nSPS) is 11.1. The first-order chi connectivity index (χ1) is 19.8. The number of anilines is 2. The number of hydrogen-bond donors (Lipinski definition) is 4. The highest BCUT2D eigenvalue weighted by molar-refractivity contribution is 6.26. The number of carbonyl (C=O) groups is 4. The predicted octanol–water partition coefficient (Wildman–Crippen LogP) is 7.60. The molecule has 0 spiro atoms.